The average Bonchev–Trinajstić information content (AvgIpc) is 3.49. The molecule has 0 spiro atoms. The van der Waals surface area contributed by atoms with Gasteiger partial charge in [-0.2, -0.15) is 0 Å². The van der Waals surface area contributed by atoms with Gasteiger partial charge in [0.2, 0.25) is 0 Å². The Morgan fingerprint density at radius 2 is 0.815 bits per heavy atom. The predicted molar refractivity (Wildman–Crippen MR) is 115 cm³/mol. The zero-order valence-electron chi connectivity index (χ0n) is 18.3. The molecule has 0 saturated heterocycles. The molecule has 4 aliphatic carbocycles. The van der Waals surface area contributed by atoms with Gasteiger partial charge in [0.1, 0.15) is 0 Å². The van der Waals surface area contributed by atoms with Crippen molar-refractivity contribution in [1.29, 1.82) is 0 Å². The molecule has 3 heteroatoms. The van der Waals surface area contributed by atoms with Crippen LogP contribution in [0.15, 0.2) is 11.4 Å². The third-order valence-corrected chi connectivity index (χ3v) is 8.26. The maximum atomic E-state index is 2.77. The van der Waals surface area contributed by atoms with E-state index < -0.39 is 0 Å². The molecule has 0 N–H and O–H groups in total. The number of hydrogen-bond acceptors (Lipinski definition) is 3. The second-order valence-electron chi connectivity index (χ2n) is 9.94. The van der Waals surface area contributed by atoms with Crippen LogP contribution in [0.3, 0.4) is 0 Å². The van der Waals surface area contributed by atoms with Crippen LogP contribution in [0.5, 0.6) is 0 Å². The van der Waals surface area contributed by atoms with Gasteiger partial charge >= 0.3 is 0 Å². The summed E-state index contributed by atoms with van der Waals surface area (Å²) < 4.78 is 0. The molecule has 0 amide bonds. The Morgan fingerprint density at radius 3 is 1.19 bits per heavy atom. The van der Waals surface area contributed by atoms with Crippen LogP contribution in [0, 0.1) is 0 Å². The number of hydrogen-bond donors (Lipinski definition) is 0. The monoisotopic (exact) mass is 373 g/mol. The van der Waals surface area contributed by atoms with Crippen molar-refractivity contribution in [3.05, 3.63) is 11.4 Å². The van der Waals surface area contributed by atoms with Crippen LogP contribution in [-0.2, 0) is 0 Å². The van der Waals surface area contributed by atoms with Crippen molar-refractivity contribution in [3.63, 3.8) is 0 Å². The molecule has 3 saturated carbocycles. The molecule has 4 aliphatic rings. The summed E-state index contributed by atoms with van der Waals surface area (Å²) in [6.07, 6.45) is 21.4. The lowest BCUT2D eigenvalue weighted by Gasteiger charge is -2.36. The fraction of sp³-hybridized carbons (Fsp3) is 0.917. The molecule has 3 fully saturated rings. The number of rotatable bonds is 6. The Kier molecular flexibility index (Phi) is 6.36. The summed E-state index contributed by atoms with van der Waals surface area (Å²) in [5, 5.41) is 0. The maximum absolute atomic E-state index is 2.77. The van der Waals surface area contributed by atoms with Crippen LogP contribution in [0.4, 0.5) is 0 Å². The van der Waals surface area contributed by atoms with Gasteiger partial charge in [0.05, 0.1) is 17.4 Å². The SMILES string of the molecule is CN(C1=C(N(C)C2CCCCC2)C1N(C)C1CCCCC1)C1CCCCC1. The molecule has 0 aromatic carbocycles. The van der Waals surface area contributed by atoms with E-state index in [1.165, 1.54) is 96.3 Å². The fourth-order valence-corrected chi connectivity index (χ4v) is 6.35. The lowest BCUT2D eigenvalue weighted by atomic mass is 9.93. The summed E-state index contributed by atoms with van der Waals surface area (Å²) in [5.41, 5.74) is 3.37. The Hall–Kier alpha value is -0.700. The highest BCUT2D eigenvalue weighted by Crippen LogP contribution is 2.46. The molecule has 0 aromatic heterocycles. The molecular formula is C24H43N3. The van der Waals surface area contributed by atoms with Crippen molar-refractivity contribution in [3.8, 4) is 0 Å². The summed E-state index contributed by atoms with van der Waals surface area (Å²) in [5.74, 6) is 0. The van der Waals surface area contributed by atoms with E-state index in [1.807, 2.05) is 0 Å². The van der Waals surface area contributed by atoms with Gasteiger partial charge in [0.15, 0.2) is 0 Å². The van der Waals surface area contributed by atoms with Gasteiger partial charge in [-0.1, -0.05) is 57.8 Å². The van der Waals surface area contributed by atoms with Gasteiger partial charge in [-0.25, -0.2) is 0 Å². The van der Waals surface area contributed by atoms with Gasteiger partial charge in [-0.15, -0.1) is 0 Å². The van der Waals surface area contributed by atoms with Crippen molar-refractivity contribution in [2.45, 2.75) is 120 Å². The number of likely N-dealkylation sites (N-methyl/N-ethyl adjacent to an activating group) is 3. The van der Waals surface area contributed by atoms with E-state index in [2.05, 4.69) is 35.8 Å². The minimum Gasteiger partial charge on any atom is -0.372 e. The van der Waals surface area contributed by atoms with Crippen molar-refractivity contribution < 1.29 is 0 Å². The van der Waals surface area contributed by atoms with Gasteiger partial charge in [0.25, 0.3) is 0 Å². The van der Waals surface area contributed by atoms with Crippen LogP contribution in [0.1, 0.15) is 96.3 Å². The summed E-state index contributed by atoms with van der Waals surface area (Å²) in [6.45, 7) is 0. The molecule has 4 rings (SSSR count). The molecule has 0 heterocycles. The molecule has 154 valence electrons. The molecule has 3 nitrogen and oxygen atoms in total. The highest BCUT2D eigenvalue weighted by Gasteiger charge is 2.48. The molecule has 0 bridgehead atoms. The zero-order chi connectivity index (χ0) is 18.8. The molecule has 0 atom stereocenters. The maximum Gasteiger partial charge on any atom is 0.0939 e. The first-order chi connectivity index (χ1) is 13.2. The highest BCUT2D eigenvalue weighted by molar-refractivity contribution is 5.45. The van der Waals surface area contributed by atoms with E-state index in [0.29, 0.717) is 6.04 Å². The van der Waals surface area contributed by atoms with Crippen molar-refractivity contribution in [2.75, 3.05) is 21.1 Å². The van der Waals surface area contributed by atoms with E-state index in [9.17, 15) is 0 Å². The minimum atomic E-state index is 0.604. The summed E-state index contributed by atoms with van der Waals surface area (Å²) in [4.78, 5) is 8.21. The number of nitrogens with zero attached hydrogens (tertiary/aromatic N) is 3. The van der Waals surface area contributed by atoms with E-state index in [1.54, 1.807) is 11.4 Å². The van der Waals surface area contributed by atoms with E-state index in [-0.39, 0.29) is 0 Å². The minimum absolute atomic E-state index is 0.604. The fourth-order valence-electron chi connectivity index (χ4n) is 6.35. The molecule has 0 aliphatic heterocycles. The average molecular weight is 374 g/mol. The standard InChI is InChI=1S/C24H43N3/c1-25(19-13-7-4-8-14-19)22-23(26(2)20-15-9-5-10-16-20)24(22)27(3)21-17-11-6-12-18-21/h19-22H,4-18H2,1-3H3. The highest BCUT2D eigenvalue weighted by atomic mass is 15.4. The third kappa shape index (κ3) is 4.18. The van der Waals surface area contributed by atoms with E-state index in [4.69, 9.17) is 0 Å². The van der Waals surface area contributed by atoms with E-state index in [0.717, 1.165) is 18.1 Å². The summed E-state index contributed by atoms with van der Waals surface area (Å²) in [7, 11) is 7.25. The van der Waals surface area contributed by atoms with Gasteiger partial charge in [0, 0.05) is 32.2 Å². The Balaban J connectivity index is 1.50. The Morgan fingerprint density at radius 1 is 0.481 bits per heavy atom. The predicted octanol–water partition coefficient (Wildman–Crippen LogP) is 5.37. The van der Waals surface area contributed by atoms with Crippen LogP contribution in [-0.4, -0.2) is 60.0 Å². The normalized spacial score (nSPS) is 26.7. The second-order valence-corrected chi connectivity index (χ2v) is 9.94. The van der Waals surface area contributed by atoms with Crippen molar-refractivity contribution in [2.24, 2.45) is 0 Å². The lowest BCUT2D eigenvalue weighted by Crippen LogP contribution is -2.41. The van der Waals surface area contributed by atoms with Gasteiger partial charge in [-0.05, 0) is 45.6 Å². The zero-order valence-corrected chi connectivity index (χ0v) is 18.3. The summed E-state index contributed by atoms with van der Waals surface area (Å²) >= 11 is 0. The van der Waals surface area contributed by atoms with Crippen LogP contribution < -0.4 is 0 Å². The van der Waals surface area contributed by atoms with Crippen LogP contribution >= 0.6 is 0 Å². The van der Waals surface area contributed by atoms with Crippen molar-refractivity contribution in [1.82, 2.24) is 14.7 Å². The first kappa shape index (κ1) is 19.6. The molecular weight excluding hydrogens is 330 g/mol. The van der Waals surface area contributed by atoms with Crippen LogP contribution in [0.25, 0.3) is 0 Å². The molecule has 0 aromatic rings. The Labute approximate surface area is 168 Å². The lowest BCUT2D eigenvalue weighted by molar-refractivity contribution is 0.155. The molecule has 0 radical (unpaired) electrons. The Bertz CT molecular complexity index is 476. The first-order valence-electron chi connectivity index (χ1n) is 12.1. The molecule has 0 unspecified atom stereocenters. The quantitative estimate of drug-likeness (QED) is 0.619. The van der Waals surface area contributed by atoms with Crippen molar-refractivity contribution >= 4 is 0 Å². The molecule has 27 heavy (non-hydrogen) atoms. The smallest absolute Gasteiger partial charge is 0.0939 e. The van der Waals surface area contributed by atoms with Crippen LogP contribution in [0.2, 0.25) is 0 Å². The van der Waals surface area contributed by atoms with E-state index >= 15 is 0 Å². The second kappa shape index (κ2) is 8.76. The first-order valence-corrected chi connectivity index (χ1v) is 12.1. The van der Waals surface area contributed by atoms with Gasteiger partial charge in [-0.3, -0.25) is 4.90 Å². The topological polar surface area (TPSA) is 9.72 Å². The summed E-state index contributed by atoms with van der Waals surface area (Å²) in [6, 6.07) is 2.98. The largest absolute Gasteiger partial charge is 0.372 e. The third-order valence-electron chi connectivity index (χ3n) is 8.26. The van der Waals surface area contributed by atoms with Gasteiger partial charge < -0.3 is 9.80 Å².